The first kappa shape index (κ1) is 37.3. The first-order chi connectivity index (χ1) is 20.7. The van der Waals surface area contributed by atoms with Gasteiger partial charge in [-0.05, 0) is 50.5 Å². The Bertz CT molecular complexity index is 971. The number of hydrogen-bond donors (Lipinski definition) is 5. The molecule has 43 heavy (non-hydrogen) atoms. The predicted octanol–water partition coefficient (Wildman–Crippen LogP) is 2.52. The minimum atomic E-state index is -1.18. The Morgan fingerprint density at radius 1 is 0.721 bits per heavy atom. The van der Waals surface area contributed by atoms with Crippen LogP contribution in [-0.2, 0) is 28.7 Å². The number of carbonyl (C=O) groups is 5. The molecule has 242 valence electrons. The molecule has 0 saturated carbocycles. The van der Waals surface area contributed by atoms with E-state index in [-0.39, 0.29) is 75.5 Å². The van der Waals surface area contributed by atoms with Crippen molar-refractivity contribution in [1.82, 2.24) is 16.0 Å². The number of nitrogens with one attached hydrogen (secondary N) is 3. The lowest BCUT2D eigenvalue weighted by Gasteiger charge is -2.14. The summed E-state index contributed by atoms with van der Waals surface area (Å²) in [4.78, 5) is 57.8. The van der Waals surface area contributed by atoms with E-state index in [9.17, 15) is 29.1 Å². The Kier molecular flexibility index (Phi) is 20.7. The Labute approximate surface area is 253 Å². The largest absolute Gasteiger partial charge is 0.494 e. The van der Waals surface area contributed by atoms with Gasteiger partial charge in [-0.2, -0.15) is 0 Å². The SMILES string of the molecule is CCNC(=O)COCCOCCNC(=O)CC[C@@H](NC(=O)CCCCCCCCCOc1ccc(C(=O)O)cc1)C(=O)O. The number of benzene rings is 1. The number of amides is 3. The summed E-state index contributed by atoms with van der Waals surface area (Å²) in [5.41, 5.74) is 0.223. The van der Waals surface area contributed by atoms with E-state index < -0.39 is 18.0 Å². The average Bonchev–Trinajstić information content (AvgIpc) is 2.97. The van der Waals surface area contributed by atoms with Crippen LogP contribution in [0.5, 0.6) is 5.75 Å². The molecule has 0 aliphatic heterocycles. The predicted molar refractivity (Wildman–Crippen MR) is 158 cm³/mol. The van der Waals surface area contributed by atoms with Crippen molar-refractivity contribution in [3.63, 3.8) is 0 Å². The van der Waals surface area contributed by atoms with E-state index in [1.807, 2.05) is 6.92 Å². The van der Waals surface area contributed by atoms with E-state index in [0.29, 0.717) is 25.3 Å². The summed E-state index contributed by atoms with van der Waals surface area (Å²) in [5.74, 6) is -2.38. The summed E-state index contributed by atoms with van der Waals surface area (Å²) >= 11 is 0. The zero-order valence-corrected chi connectivity index (χ0v) is 25.1. The number of rotatable bonds is 26. The fourth-order valence-corrected chi connectivity index (χ4v) is 3.94. The van der Waals surface area contributed by atoms with Gasteiger partial charge in [0.25, 0.3) is 0 Å². The van der Waals surface area contributed by atoms with Crippen molar-refractivity contribution < 1.29 is 48.4 Å². The second-order valence-corrected chi connectivity index (χ2v) is 9.87. The molecule has 0 heterocycles. The molecule has 1 aromatic rings. The van der Waals surface area contributed by atoms with Gasteiger partial charge in [-0.15, -0.1) is 0 Å². The fourth-order valence-electron chi connectivity index (χ4n) is 3.94. The lowest BCUT2D eigenvalue weighted by molar-refractivity contribution is -0.142. The maximum Gasteiger partial charge on any atom is 0.335 e. The molecule has 0 spiro atoms. The highest BCUT2D eigenvalue weighted by Crippen LogP contribution is 2.14. The molecule has 1 aromatic carbocycles. The van der Waals surface area contributed by atoms with Gasteiger partial charge in [0.15, 0.2) is 0 Å². The molecule has 0 aromatic heterocycles. The fraction of sp³-hybridized carbons (Fsp3) is 0.633. The molecule has 0 radical (unpaired) electrons. The van der Waals surface area contributed by atoms with Crippen LogP contribution in [-0.4, -0.2) is 92.0 Å². The Hall–Kier alpha value is -3.71. The van der Waals surface area contributed by atoms with Crippen LogP contribution in [0.3, 0.4) is 0 Å². The quantitative estimate of drug-likeness (QED) is 0.0976. The number of carbonyl (C=O) groups excluding carboxylic acids is 3. The van der Waals surface area contributed by atoms with Crippen LogP contribution in [0.25, 0.3) is 0 Å². The zero-order chi connectivity index (χ0) is 31.7. The summed E-state index contributed by atoms with van der Waals surface area (Å²) in [5, 5.41) is 26.1. The molecular formula is C30H47N3O10. The first-order valence-electron chi connectivity index (χ1n) is 14.9. The number of ether oxygens (including phenoxy) is 3. The first-order valence-corrected chi connectivity index (χ1v) is 14.9. The van der Waals surface area contributed by atoms with Crippen LogP contribution in [0.1, 0.15) is 81.5 Å². The van der Waals surface area contributed by atoms with Crippen LogP contribution >= 0.6 is 0 Å². The van der Waals surface area contributed by atoms with Gasteiger partial charge in [-0.3, -0.25) is 14.4 Å². The summed E-state index contributed by atoms with van der Waals surface area (Å²) in [6, 6.07) is 5.19. The molecule has 0 unspecified atom stereocenters. The molecular weight excluding hydrogens is 562 g/mol. The van der Waals surface area contributed by atoms with Gasteiger partial charge in [0, 0.05) is 25.9 Å². The van der Waals surface area contributed by atoms with Crippen LogP contribution in [0, 0.1) is 0 Å². The van der Waals surface area contributed by atoms with Crippen molar-refractivity contribution in [2.24, 2.45) is 0 Å². The van der Waals surface area contributed by atoms with Crippen molar-refractivity contribution in [2.75, 3.05) is 46.1 Å². The van der Waals surface area contributed by atoms with Gasteiger partial charge >= 0.3 is 11.9 Å². The molecule has 13 heteroatoms. The minimum Gasteiger partial charge on any atom is -0.494 e. The average molecular weight is 610 g/mol. The highest BCUT2D eigenvalue weighted by atomic mass is 16.5. The monoisotopic (exact) mass is 609 g/mol. The van der Waals surface area contributed by atoms with E-state index in [0.717, 1.165) is 38.5 Å². The third-order valence-corrected chi connectivity index (χ3v) is 6.26. The summed E-state index contributed by atoms with van der Waals surface area (Å²) in [6.07, 6.45) is 6.62. The number of aliphatic carboxylic acids is 1. The number of likely N-dealkylation sites (N-methyl/N-ethyl adjacent to an activating group) is 1. The van der Waals surface area contributed by atoms with Crippen molar-refractivity contribution in [2.45, 2.75) is 77.2 Å². The number of carboxylic acids is 2. The molecule has 0 bridgehead atoms. The standard InChI is InChI=1S/C30H47N3O10/c1-2-31-28(36)22-42-21-20-41-19-17-32-26(34)16-15-25(30(39)40)33-27(35)10-8-6-4-3-5-7-9-18-43-24-13-11-23(12-14-24)29(37)38/h11-14,25H,2-10,15-22H2,1H3,(H,31,36)(H,32,34)(H,33,35)(H,37,38)(H,39,40)/t25-/m1/s1. The second-order valence-electron chi connectivity index (χ2n) is 9.87. The smallest absolute Gasteiger partial charge is 0.335 e. The maximum atomic E-state index is 12.2. The molecule has 1 rings (SSSR count). The van der Waals surface area contributed by atoms with Gasteiger partial charge in [0.2, 0.25) is 17.7 Å². The number of aromatic carboxylic acids is 1. The van der Waals surface area contributed by atoms with E-state index in [1.54, 1.807) is 12.1 Å². The maximum absolute atomic E-state index is 12.2. The molecule has 0 aliphatic carbocycles. The third-order valence-electron chi connectivity index (χ3n) is 6.26. The van der Waals surface area contributed by atoms with E-state index in [4.69, 9.17) is 19.3 Å². The van der Waals surface area contributed by atoms with E-state index in [1.165, 1.54) is 12.1 Å². The molecule has 5 N–H and O–H groups in total. The molecule has 0 aliphatic rings. The summed E-state index contributed by atoms with van der Waals surface area (Å²) < 4.78 is 16.1. The highest BCUT2D eigenvalue weighted by Gasteiger charge is 2.20. The van der Waals surface area contributed by atoms with Crippen LogP contribution < -0.4 is 20.7 Å². The number of hydrogen-bond acceptors (Lipinski definition) is 8. The van der Waals surface area contributed by atoms with Gasteiger partial charge in [-0.25, -0.2) is 9.59 Å². The normalized spacial score (nSPS) is 11.4. The Morgan fingerprint density at radius 2 is 1.37 bits per heavy atom. The Morgan fingerprint density at radius 3 is 2.02 bits per heavy atom. The van der Waals surface area contributed by atoms with Crippen LogP contribution in [0.2, 0.25) is 0 Å². The zero-order valence-electron chi connectivity index (χ0n) is 25.1. The van der Waals surface area contributed by atoms with E-state index >= 15 is 0 Å². The van der Waals surface area contributed by atoms with Gasteiger partial charge in [-0.1, -0.05) is 32.1 Å². The van der Waals surface area contributed by atoms with Crippen molar-refractivity contribution in [3.05, 3.63) is 29.8 Å². The number of unbranched alkanes of at least 4 members (excludes halogenated alkanes) is 6. The molecule has 13 nitrogen and oxygen atoms in total. The highest BCUT2D eigenvalue weighted by molar-refractivity contribution is 5.87. The topological polar surface area (TPSA) is 190 Å². The Balaban J connectivity index is 2.02. The van der Waals surface area contributed by atoms with Crippen molar-refractivity contribution in [3.8, 4) is 5.75 Å². The summed E-state index contributed by atoms with van der Waals surface area (Å²) in [6.45, 7) is 3.89. The molecule has 1 atom stereocenters. The van der Waals surface area contributed by atoms with Gasteiger partial charge < -0.3 is 40.4 Å². The van der Waals surface area contributed by atoms with Gasteiger partial charge in [0.05, 0.1) is 32.0 Å². The number of carboxylic acid groups (broad SMARTS) is 2. The minimum absolute atomic E-state index is 0.0151. The molecule has 0 saturated heterocycles. The second kappa shape index (κ2) is 23.8. The van der Waals surface area contributed by atoms with Crippen molar-refractivity contribution >= 4 is 29.7 Å². The molecule has 3 amide bonds. The summed E-state index contributed by atoms with van der Waals surface area (Å²) in [7, 11) is 0. The lowest BCUT2D eigenvalue weighted by Crippen LogP contribution is -2.41. The third kappa shape index (κ3) is 19.9. The van der Waals surface area contributed by atoms with Crippen LogP contribution in [0.4, 0.5) is 0 Å². The van der Waals surface area contributed by atoms with E-state index in [2.05, 4.69) is 16.0 Å². The lowest BCUT2D eigenvalue weighted by atomic mass is 10.1. The van der Waals surface area contributed by atoms with Gasteiger partial charge in [0.1, 0.15) is 18.4 Å². The van der Waals surface area contributed by atoms with Crippen molar-refractivity contribution in [1.29, 1.82) is 0 Å². The molecule has 0 fully saturated rings. The van der Waals surface area contributed by atoms with Crippen LogP contribution in [0.15, 0.2) is 24.3 Å².